The SMILES string of the molecule is CCNC(=NCC(C)(C)Cc1cccc(Cl)c1)NCCn1ccnc1.I. The number of imidazole rings is 1. The quantitative estimate of drug-likeness (QED) is 0.335. The molecule has 1 heterocycles. The van der Waals surface area contributed by atoms with Crippen LogP contribution in [-0.4, -0.2) is 35.1 Å². The van der Waals surface area contributed by atoms with Gasteiger partial charge in [0.05, 0.1) is 6.33 Å². The molecular weight excluding hydrogens is 461 g/mol. The molecule has 5 nitrogen and oxygen atoms in total. The molecule has 2 rings (SSSR count). The molecule has 2 aromatic rings. The molecule has 0 aliphatic rings. The minimum absolute atomic E-state index is 0. The highest BCUT2D eigenvalue weighted by Crippen LogP contribution is 2.23. The van der Waals surface area contributed by atoms with Crippen LogP contribution in [0.5, 0.6) is 0 Å². The average molecular weight is 490 g/mol. The van der Waals surface area contributed by atoms with Crippen molar-refractivity contribution in [1.29, 1.82) is 0 Å². The van der Waals surface area contributed by atoms with Crippen LogP contribution >= 0.6 is 35.6 Å². The van der Waals surface area contributed by atoms with Crippen LogP contribution < -0.4 is 10.6 Å². The minimum atomic E-state index is 0. The number of aliphatic imine (C=N–C) groups is 1. The van der Waals surface area contributed by atoms with E-state index in [1.54, 1.807) is 6.20 Å². The maximum absolute atomic E-state index is 6.09. The second-order valence-corrected chi connectivity index (χ2v) is 7.33. The van der Waals surface area contributed by atoms with Crippen LogP contribution in [0, 0.1) is 5.41 Å². The number of nitrogens with one attached hydrogen (secondary N) is 2. The van der Waals surface area contributed by atoms with Gasteiger partial charge in [-0.15, -0.1) is 24.0 Å². The lowest BCUT2D eigenvalue weighted by molar-refractivity contribution is 0.377. The predicted octanol–water partition coefficient (Wildman–Crippen LogP) is 3.98. The van der Waals surface area contributed by atoms with E-state index in [0.717, 1.165) is 43.6 Å². The smallest absolute Gasteiger partial charge is 0.191 e. The van der Waals surface area contributed by atoms with Gasteiger partial charge in [0.25, 0.3) is 0 Å². The zero-order chi connectivity index (χ0) is 18.1. The van der Waals surface area contributed by atoms with Crippen molar-refractivity contribution in [1.82, 2.24) is 20.2 Å². The van der Waals surface area contributed by atoms with E-state index < -0.39 is 0 Å². The summed E-state index contributed by atoms with van der Waals surface area (Å²) in [6.45, 7) is 9.77. The van der Waals surface area contributed by atoms with Crippen molar-refractivity contribution < 1.29 is 0 Å². The molecule has 2 N–H and O–H groups in total. The van der Waals surface area contributed by atoms with Crippen molar-refractivity contribution in [2.24, 2.45) is 10.4 Å². The summed E-state index contributed by atoms with van der Waals surface area (Å²) >= 11 is 6.09. The highest BCUT2D eigenvalue weighted by Gasteiger charge is 2.18. The first kappa shape index (κ1) is 22.8. The fourth-order valence-electron chi connectivity index (χ4n) is 2.61. The number of nitrogens with zero attached hydrogens (tertiary/aromatic N) is 3. The monoisotopic (exact) mass is 489 g/mol. The summed E-state index contributed by atoms with van der Waals surface area (Å²) in [5.41, 5.74) is 1.29. The Bertz CT molecular complexity index is 670. The van der Waals surface area contributed by atoms with Gasteiger partial charge in [0.1, 0.15) is 0 Å². The summed E-state index contributed by atoms with van der Waals surface area (Å²) in [4.78, 5) is 8.81. The number of hydrogen-bond donors (Lipinski definition) is 2. The third-order valence-electron chi connectivity index (χ3n) is 3.80. The van der Waals surface area contributed by atoms with E-state index >= 15 is 0 Å². The fraction of sp³-hybridized carbons (Fsp3) is 0.474. The molecule has 0 atom stereocenters. The molecule has 0 amide bonds. The third-order valence-corrected chi connectivity index (χ3v) is 4.04. The lowest BCUT2D eigenvalue weighted by Crippen LogP contribution is -2.39. The van der Waals surface area contributed by atoms with Gasteiger partial charge in [0, 0.05) is 43.6 Å². The third kappa shape index (κ3) is 8.40. The summed E-state index contributed by atoms with van der Waals surface area (Å²) in [6, 6.07) is 8.05. The lowest BCUT2D eigenvalue weighted by Gasteiger charge is -2.23. The van der Waals surface area contributed by atoms with Gasteiger partial charge < -0.3 is 15.2 Å². The Kier molecular flexibility index (Phi) is 10.0. The summed E-state index contributed by atoms with van der Waals surface area (Å²) in [5.74, 6) is 0.849. The van der Waals surface area contributed by atoms with Gasteiger partial charge in [0.15, 0.2) is 5.96 Å². The van der Waals surface area contributed by atoms with E-state index in [2.05, 4.69) is 42.5 Å². The number of rotatable bonds is 8. The summed E-state index contributed by atoms with van der Waals surface area (Å²) in [6.07, 6.45) is 6.50. The maximum Gasteiger partial charge on any atom is 0.191 e. The van der Waals surface area contributed by atoms with E-state index in [1.807, 2.05) is 35.3 Å². The maximum atomic E-state index is 6.09. The molecule has 1 aromatic heterocycles. The number of benzene rings is 1. The average Bonchev–Trinajstić information content (AvgIpc) is 3.05. The summed E-state index contributed by atoms with van der Waals surface area (Å²) in [7, 11) is 0. The van der Waals surface area contributed by atoms with E-state index in [0.29, 0.717) is 0 Å². The molecular formula is C19H29ClIN5. The van der Waals surface area contributed by atoms with E-state index in [-0.39, 0.29) is 29.4 Å². The molecule has 144 valence electrons. The highest BCUT2D eigenvalue weighted by atomic mass is 127. The van der Waals surface area contributed by atoms with Crippen LogP contribution in [0.1, 0.15) is 26.3 Å². The van der Waals surface area contributed by atoms with Gasteiger partial charge in [-0.2, -0.15) is 0 Å². The van der Waals surface area contributed by atoms with Gasteiger partial charge in [-0.25, -0.2) is 4.98 Å². The largest absolute Gasteiger partial charge is 0.357 e. The Labute approximate surface area is 178 Å². The molecule has 7 heteroatoms. The van der Waals surface area contributed by atoms with Crippen molar-refractivity contribution in [3.05, 3.63) is 53.6 Å². The molecule has 0 radical (unpaired) electrons. The minimum Gasteiger partial charge on any atom is -0.357 e. The van der Waals surface area contributed by atoms with Crippen molar-refractivity contribution >= 4 is 41.5 Å². The molecule has 0 spiro atoms. The number of halogens is 2. The highest BCUT2D eigenvalue weighted by molar-refractivity contribution is 14.0. The van der Waals surface area contributed by atoms with Crippen LogP contribution in [0.2, 0.25) is 5.02 Å². The van der Waals surface area contributed by atoms with Crippen molar-refractivity contribution in [2.45, 2.75) is 33.7 Å². The number of hydrogen-bond acceptors (Lipinski definition) is 2. The topological polar surface area (TPSA) is 54.2 Å². The molecule has 0 saturated carbocycles. The second kappa shape index (κ2) is 11.4. The molecule has 0 unspecified atom stereocenters. The molecule has 1 aromatic carbocycles. The van der Waals surface area contributed by atoms with Gasteiger partial charge in [-0.3, -0.25) is 4.99 Å². The first-order valence-electron chi connectivity index (χ1n) is 8.71. The summed E-state index contributed by atoms with van der Waals surface area (Å²) in [5, 5.41) is 7.46. The van der Waals surface area contributed by atoms with Gasteiger partial charge >= 0.3 is 0 Å². The van der Waals surface area contributed by atoms with Crippen LogP contribution in [0.4, 0.5) is 0 Å². The van der Waals surface area contributed by atoms with Crippen molar-refractivity contribution in [3.8, 4) is 0 Å². The summed E-state index contributed by atoms with van der Waals surface area (Å²) < 4.78 is 2.04. The Morgan fingerprint density at radius 1 is 1.31 bits per heavy atom. The second-order valence-electron chi connectivity index (χ2n) is 6.89. The fourth-order valence-corrected chi connectivity index (χ4v) is 2.83. The zero-order valence-corrected chi connectivity index (χ0v) is 18.8. The first-order valence-corrected chi connectivity index (χ1v) is 9.09. The molecule has 0 saturated heterocycles. The Morgan fingerprint density at radius 3 is 2.77 bits per heavy atom. The Balaban J connectivity index is 0.00000338. The molecule has 26 heavy (non-hydrogen) atoms. The first-order chi connectivity index (χ1) is 12.0. The molecule has 0 fully saturated rings. The van der Waals surface area contributed by atoms with Crippen LogP contribution in [0.15, 0.2) is 48.0 Å². The van der Waals surface area contributed by atoms with E-state index in [9.17, 15) is 0 Å². The van der Waals surface area contributed by atoms with Crippen LogP contribution in [0.25, 0.3) is 0 Å². The van der Waals surface area contributed by atoms with Gasteiger partial charge in [-0.1, -0.05) is 37.6 Å². The van der Waals surface area contributed by atoms with Crippen molar-refractivity contribution in [3.63, 3.8) is 0 Å². The van der Waals surface area contributed by atoms with Crippen molar-refractivity contribution in [2.75, 3.05) is 19.6 Å². The Morgan fingerprint density at radius 2 is 2.12 bits per heavy atom. The van der Waals surface area contributed by atoms with E-state index in [1.165, 1.54) is 5.56 Å². The number of aromatic nitrogens is 2. The molecule has 0 bridgehead atoms. The lowest BCUT2D eigenvalue weighted by atomic mass is 9.86. The van der Waals surface area contributed by atoms with Crippen LogP contribution in [-0.2, 0) is 13.0 Å². The molecule has 0 aliphatic heterocycles. The van der Waals surface area contributed by atoms with Gasteiger partial charge in [0.2, 0.25) is 0 Å². The predicted molar refractivity (Wildman–Crippen MR) is 121 cm³/mol. The molecule has 0 aliphatic carbocycles. The van der Waals surface area contributed by atoms with Crippen LogP contribution in [0.3, 0.4) is 0 Å². The van der Waals surface area contributed by atoms with Gasteiger partial charge in [-0.05, 0) is 36.5 Å². The number of guanidine groups is 1. The standard InChI is InChI=1S/C19H28ClN5.HI/c1-4-22-18(23-9-11-25-10-8-21-15-25)24-14-19(2,3)13-16-6-5-7-17(20)12-16;/h5-8,10,12,15H,4,9,11,13-14H2,1-3H3,(H2,22,23,24);1H. The normalized spacial score (nSPS) is 11.8. The van der Waals surface area contributed by atoms with E-state index in [4.69, 9.17) is 16.6 Å². The zero-order valence-electron chi connectivity index (χ0n) is 15.7. The Hall–Kier alpha value is -1.28.